The largest absolute Gasteiger partial charge is 0.453 e. The van der Waals surface area contributed by atoms with E-state index in [4.69, 9.17) is 4.74 Å². The number of ether oxygens (including phenoxy) is 1. The van der Waals surface area contributed by atoms with Crippen LogP contribution in [0.5, 0.6) is 0 Å². The lowest BCUT2D eigenvalue weighted by atomic mass is 9.86. The summed E-state index contributed by atoms with van der Waals surface area (Å²) in [6.07, 6.45) is 4.21. The number of carbonyl (C=O) groups is 1. The molecule has 2 heteroatoms. The first kappa shape index (κ1) is 13.7. The van der Waals surface area contributed by atoms with Crippen molar-refractivity contribution in [2.75, 3.05) is 0 Å². The smallest absolute Gasteiger partial charge is 0.312 e. The van der Waals surface area contributed by atoms with Crippen LogP contribution in [-0.2, 0) is 15.1 Å². The van der Waals surface area contributed by atoms with E-state index in [0.29, 0.717) is 5.92 Å². The van der Waals surface area contributed by atoms with Crippen LogP contribution in [0.3, 0.4) is 0 Å². The predicted molar refractivity (Wildman–Crippen MR) is 79.1 cm³/mol. The van der Waals surface area contributed by atoms with E-state index < -0.39 is 5.41 Å². The van der Waals surface area contributed by atoms with E-state index in [-0.39, 0.29) is 11.6 Å². The van der Waals surface area contributed by atoms with Gasteiger partial charge in [0.15, 0.2) is 0 Å². The molecule has 1 aromatic carbocycles. The Morgan fingerprint density at radius 3 is 2.55 bits per heavy atom. The second kappa shape index (κ2) is 4.61. The number of hydrogen-bond acceptors (Lipinski definition) is 2. The molecule has 0 heterocycles. The molecule has 108 valence electrons. The summed E-state index contributed by atoms with van der Waals surface area (Å²) in [5, 5.41) is 0. The summed E-state index contributed by atoms with van der Waals surface area (Å²) < 4.78 is 6.16. The van der Waals surface area contributed by atoms with Crippen molar-refractivity contribution in [1.82, 2.24) is 0 Å². The summed E-state index contributed by atoms with van der Waals surface area (Å²) in [7, 11) is 0. The molecule has 1 aromatic rings. The topological polar surface area (TPSA) is 26.3 Å². The Balaban J connectivity index is 1.91. The van der Waals surface area contributed by atoms with Crippen molar-refractivity contribution >= 4 is 5.97 Å². The van der Waals surface area contributed by atoms with Gasteiger partial charge in [0.05, 0.1) is 5.41 Å². The number of hydrogen-bond donors (Lipinski definition) is 0. The Labute approximate surface area is 121 Å². The lowest BCUT2D eigenvalue weighted by Crippen LogP contribution is -2.38. The zero-order chi connectivity index (χ0) is 14.4. The van der Waals surface area contributed by atoms with Gasteiger partial charge >= 0.3 is 5.97 Å². The lowest BCUT2D eigenvalue weighted by Gasteiger charge is -2.35. The molecular formula is C18H24O2. The second-order valence-corrected chi connectivity index (χ2v) is 7.02. The average molecular weight is 272 g/mol. The molecule has 2 nitrogen and oxygen atoms in total. The van der Waals surface area contributed by atoms with Crippen LogP contribution < -0.4 is 0 Å². The van der Waals surface area contributed by atoms with E-state index in [1.165, 1.54) is 18.4 Å². The fourth-order valence-corrected chi connectivity index (χ4v) is 3.44. The first-order valence-corrected chi connectivity index (χ1v) is 7.78. The van der Waals surface area contributed by atoms with Gasteiger partial charge in [0, 0.05) is 5.92 Å². The van der Waals surface area contributed by atoms with Gasteiger partial charge < -0.3 is 4.74 Å². The third kappa shape index (κ3) is 2.06. The van der Waals surface area contributed by atoms with Gasteiger partial charge in [-0.15, -0.1) is 0 Å². The summed E-state index contributed by atoms with van der Waals surface area (Å²) in [6.45, 7) is 6.01. The molecule has 3 atom stereocenters. The molecule has 0 aromatic heterocycles. The van der Waals surface area contributed by atoms with Crippen LogP contribution in [0.2, 0.25) is 0 Å². The van der Waals surface area contributed by atoms with Gasteiger partial charge in [-0.1, -0.05) is 37.3 Å². The first-order valence-electron chi connectivity index (χ1n) is 7.78. The molecule has 2 fully saturated rings. The quantitative estimate of drug-likeness (QED) is 0.764. The Bertz CT molecular complexity index is 505. The van der Waals surface area contributed by atoms with E-state index in [0.717, 1.165) is 18.8 Å². The molecule has 3 rings (SSSR count). The van der Waals surface area contributed by atoms with Gasteiger partial charge in [-0.3, -0.25) is 4.79 Å². The van der Waals surface area contributed by atoms with Crippen LogP contribution in [0.1, 0.15) is 52.0 Å². The molecule has 0 bridgehead atoms. The maximum Gasteiger partial charge on any atom is 0.312 e. The Hall–Kier alpha value is -1.31. The fourth-order valence-electron chi connectivity index (χ4n) is 3.44. The Morgan fingerprint density at radius 1 is 1.35 bits per heavy atom. The zero-order valence-electron chi connectivity index (χ0n) is 12.7. The van der Waals surface area contributed by atoms with E-state index in [1.807, 2.05) is 39.0 Å². The SMILES string of the molecule is CCC(C)(C)C(=O)OC1(c2ccccc2)CCC2CC21. The molecule has 2 aliphatic carbocycles. The normalized spacial score (nSPS) is 31.8. The van der Waals surface area contributed by atoms with E-state index in [9.17, 15) is 4.79 Å². The number of benzene rings is 1. The Morgan fingerprint density at radius 2 is 2.05 bits per heavy atom. The highest BCUT2D eigenvalue weighted by Gasteiger charge is 2.61. The van der Waals surface area contributed by atoms with Gasteiger partial charge in [0.1, 0.15) is 5.60 Å². The van der Waals surface area contributed by atoms with E-state index in [2.05, 4.69) is 12.1 Å². The van der Waals surface area contributed by atoms with Crippen LogP contribution in [0.4, 0.5) is 0 Å². The van der Waals surface area contributed by atoms with Crippen LogP contribution in [0.25, 0.3) is 0 Å². The van der Waals surface area contributed by atoms with Gasteiger partial charge in [-0.25, -0.2) is 0 Å². The number of rotatable bonds is 4. The number of esters is 1. The van der Waals surface area contributed by atoms with Crippen molar-refractivity contribution in [1.29, 1.82) is 0 Å². The molecule has 0 N–H and O–H groups in total. The maximum absolute atomic E-state index is 12.6. The van der Waals surface area contributed by atoms with Gasteiger partial charge in [-0.2, -0.15) is 0 Å². The molecular weight excluding hydrogens is 248 g/mol. The fraction of sp³-hybridized carbons (Fsp3) is 0.611. The average Bonchev–Trinajstić information content (AvgIpc) is 3.17. The highest BCUT2D eigenvalue weighted by molar-refractivity contribution is 5.76. The minimum absolute atomic E-state index is 0.0450. The van der Waals surface area contributed by atoms with Gasteiger partial charge in [0.2, 0.25) is 0 Å². The van der Waals surface area contributed by atoms with E-state index >= 15 is 0 Å². The van der Waals surface area contributed by atoms with Crippen LogP contribution in [0, 0.1) is 17.3 Å². The molecule has 0 saturated heterocycles. The summed E-state index contributed by atoms with van der Waals surface area (Å²) in [4.78, 5) is 12.6. The Kier molecular flexibility index (Phi) is 3.15. The minimum atomic E-state index is -0.394. The highest BCUT2D eigenvalue weighted by atomic mass is 16.6. The number of fused-ring (bicyclic) bond motifs is 1. The van der Waals surface area contributed by atoms with E-state index in [1.54, 1.807) is 0 Å². The van der Waals surface area contributed by atoms with Crippen LogP contribution in [0.15, 0.2) is 30.3 Å². The second-order valence-electron chi connectivity index (χ2n) is 7.02. The van der Waals surface area contributed by atoms with Crippen molar-refractivity contribution in [3.05, 3.63) is 35.9 Å². The predicted octanol–water partition coefficient (Wildman–Crippen LogP) is 4.29. The molecule has 0 aliphatic heterocycles. The lowest BCUT2D eigenvalue weighted by molar-refractivity contribution is -0.174. The monoisotopic (exact) mass is 272 g/mol. The minimum Gasteiger partial charge on any atom is -0.453 e. The summed E-state index contributed by atoms with van der Waals surface area (Å²) in [6, 6.07) is 10.4. The molecule has 0 radical (unpaired) electrons. The zero-order valence-corrected chi connectivity index (χ0v) is 12.7. The van der Waals surface area contributed by atoms with Crippen molar-refractivity contribution in [3.8, 4) is 0 Å². The maximum atomic E-state index is 12.6. The standard InChI is InChI=1S/C18H24O2/c1-4-17(2,3)16(19)20-18(11-10-13-12-15(13)18)14-8-6-5-7-9-14/h5-9,13,15H,4,10-12H2,1-3H3. The van der Waals surface area contributed by atoms with Gasteiger partial charge in [0.25, 0.3) is 0 Å². The first-order chi connectivity index (χ1) is 9.49. The van der Waals surface area contributed by atoms with Crippen molar-refractivity contribution in [2.45, 2.75) is 52.1 Å². The molecule has 3 unspecified atom stereocenters. The summed E-state index contributed by atoms with van der Waals surface area (Å²) in [5.74, 6) is 1.27. The highest BCUT2D eigenvalue weighted by Crippen LogP contribution is 2.63. The van der Waals surface area contributed by atoms with Crippen LogP contribution >= 0.6 is 0 Å². The van der Waals surface area contributed by atoms with Crippen LogP contribution in [-0.4, -0.2) is 5.97 Å². The molecule has 20 heavy (non-hydrogen) atoms. The summed E-state index contributed by atoms with van der Waals surface area (Å²) >= 11 is 0. The van der Waals surface area contributed by atoms with Crippen molar-refractivity contribution in [2.24, 2.45) is 17.3 Å². The molecule has 0 spiro atoms. The van der Waals surface area contributed by atoms with Crippen molar-refractivity contribution in [3.63, 3.8) is 0 Å². The number of carbonyl (C=O) groups excluding carboxylic acids is 1. The van der Waals surface area contributed by atoms with Gasteiger partial charge in [-0.05, 0) is 51.0 Å². The molecule has 2 saturated carbocycles. The molecule has 2 aliphatic rings. The molecule has 0 amide bonds. The third-order valence-electron chi connectivity index (χ3n) is 5.38. The van der Waals surface area contributed by atoms with Crippen molar-refractivity contribution < 1.29 is 9.53 Å². The summed E-state index contributed by atoms with van der Waals surface area (Å²) in [5.41, 5.74) is 0.440. The third-order valence-corrected chi connectivity index (χ3v) is 5.38.